The van der Waals surface area contributed by atoms with Crippen molar-refractivity contribution < 1.29 is 37.1 Å². The van der Waals surface area contributed by atoms with E-state index in [2.05, 4.69) is 4.72 Å². The molecule has 0 aromatic carbocycles. The Labute approximate surface area is 234 Å². The van der Waals surface area contributed by atoms with Gasteiger partial charge in [0, 0.05) is 5.41 Å². The number of rotatable bonds is 11. The van der Waals surface area contributed by atoms with Gasteiger partial charge in [0.25, 0.3) is 0 Å². The van der Waals surface area contributed by atoms with E-state index in [1.807, 2.05) is 13.8 Å². The number of nitrogens with one attached hydrogen (secondary N) is 1. The molecule has 0 radical (unpaired) electrons. The highest BCUT2D eigenvalue weighted by Gasteiger charge is 2.33. The molecule has 0 bridgehead atoms. The SMILES string of the molecule is C.C.C.C.CCC(C)(C)C(=O)NS(=O)(=O)C1CCCCC1.CCC(C)(C)C(=O)OCCOC(=O)CC(C)=O. The Morgan fingerprint density at radius 2 is 1.24 bits per heavy atom. The molecule has 1 amide bonds. The summed E-state index contributed by atoms with van der Waals surface area (Å²) in [5, 5.41) is -0.382. The number of hydrogen-bond donors (Lipinski definition) is 1. The summed E-state index contributed by atoms with van der Waals surface area (Å²) in [6.07, 6.45) is 5.39. The number of carbonyl (C=O) groups excluding carboxylic acids is 4. The number of carbonyl (C=O) groups is 4. The van der Waals surface area contributed by atoms with E-state index in [4.69, 9.17) is 9.47 Å². The standard InChI is InChI=1S/C12H23NO3S.C12H20O5.4CH4/c1-4-12(2,3)11(14)13-17(15,16)10-8-6-5-7-9-10;1-5-12(3,4)11(15)17-7-6-16-10(14)8-9(2)13;;;;/h10H,4-9H2,1-3H3,(H,13,14);5-8H2,1-4H3;4*1H4. The third-order valence-electron chi connectivity index (χ3n) is 6.13. The normalized spacial score (nSPS) is 13.3. The Bertz CT molecular complexity index is 798. The highest BCUT2D eigenvalue weighted by atomic mass is 32.2. The Kier molecular flexibility index (Phi) is 25.3. The predicted molar refractivity (Wildman–Crippen MR) is 156 cm³/mol. The molecule has 230 valence electrons. The Hall–Kier alpha value is -1.97. The maximum atomic E-state index is 12.0. The van der Waals surface area contributed by atoms with E-state index in [0.717, 1.165) is 19.3 Å². The van der Waals surface area contributed by atoms with Crippen LogP contribution in [0.15, 0.2) is 0 Å². The summed E-state index contributed by atoms with van der Waals surface area (Å²) in [7, 11) is -3.48. The van der Waals surface area contributed by atoms with Gasteiger partial charge in [0.05, 0.1) is 10.7 Å². The summed E-state index contributed by atoms with van der Waals surface area (Å²) >= 11 is 0. The van der Waals surface area contributed by atoms with Crippen LogP contribution in [-0.2, 0) is 38.7 Å². The number of ether oxygens (including phenoxy) is 2. The van der Waals surface area contributed by atoms with E-state index in [-0.39, 0.29) is 72.3 Å². The second kappa shape index (κ2) is 20.9. The van der Waals surface area contributed by atoms with Crippen LogP contribution in [0.5, 0.6) is 0 Å². The van der Waals surface area contributed by atoms with Gasteiger partial charge >= 0.3 is 11.9 Å². The number of amides is 1. The molecule has 1 aliphatic rings. The maximum Gasteiger partial charge on any atom is 0.313 e. The molecule has 1 saturated carbocycles. The molecule has 10 heteroatoms. The van der Waals surface area contributed by atoms with Crippen molar-refractivity contribution in [1.29, 1.82) is 0 Å². The number of esters is 2. The van der Waals surface area contributed by atoms with Crippen LogP contribution in [0, 0.1) is 10.8 Å². The van der Waals surface area contributed by atoms with Crippen LogP contribution in [0.3, 0.4) is 0 Å². The van der Waals surface area contributed by atoms with Crippen molar-refractivity contribution in [2.24, 2.45) is 10.8 Å². The first-order chi connectivity index (χ1) is 15.6. The van der Waals surface area contributed by atoms with Crippen molar-refractivity contribution in [2.45, 2.75) is 135 Å². The number of ketones is 1. The van der Waals surface area contributed by atoms with Crippen molar-refractivity contribution in [3.63, 3.8) is 0 Å². The highest BCUT2D eigenvalue weighted by molar-refractivity contribution is 7.90. The van der Waals surface area contributed by atoms with Gasteiger partial charge in [-0.05, 0) is 46.5 Å². The summed E-state index contributed by atoms with van der Waals surface area (Å²) in [4.78, 5) is 44.9. The first-order valence-electron chi connectivity index (χ1n) is 12.0. The van der Waals surface area contributed by atoms with E-state index < -0.39 is 26.8 Å². The molecule has 9 nitrogen and oxygen atoms in total. The van der Waals surface area contributed by atoms with Crippen LogP contribution in [0.25, 0.3) is 0 Å². The van der Waals surface area contributed by atoms with E-state index in [0.29, 0.717) is 25.7 Å². The number of sulfonamides is 1. The molecule has 0 unspecified atom stereocenters. The van der Waals surface area contributed by atoms with Crippen LogP contribution in [0.1, 0.15) is 130 Å². The molecule has 0 aromatic heterocycles. The average Bonchev–Trinajstić information content (AvgIpc) is 2.76. The van der Waals surface area contributed by atoms with Gasteiger partial charge < -0.3 is 9.47 Å². The predicted octanol–water partition coefficient (Wildman–Crippen LogP) is 6.23. The molecule has 38 heavy (non-hydrogen) atoms. The third-order valence-corrected chi connectivity index (χ3v) is 7.95. The van der Waals surface area contributed by atoms with Crippen molar-refractivity contribution in [1.82, 2.24) is 4.72 Å². The molecule has 1 N–H and O–H groups in total. The zero-order valence-electron chi connectivity index (χ0n) is 21.8. The van der Waals surface area contributed by atoms with Gasteiger partial charge in [0.15, 0.2) is 0 Å². The second-order valence-corrected chi connectivity index (χ2v) is 11.9. The van der Waals surface area contributed by atoms with Gasteiger partial charge in [0.1, 0.15) is 25.4 Å². The second-order valence-electron chi connectivity index (χ2n) is 9.95. The van der Waals surface area contributed by atoms with Gasteiger partial charge in [0.2, 0.25) is 15.9 Å². The summed E-state index contributed by atoms with van der Waals surface area (Å²) < 4.78 is 36.0. The van der Waals surface area contributed by atoms with Crippen LogP contribution in [0.4, 0.5) is 0 Å². The van der Waals surface area contributed by atoms with Crippen LogP contribution < -0.4 is 4.72 Å². The molecule has 0 saturated heterocycles. The van der Waals surface area contributed by atoms with Crippen molar-refractivity contribution in [3.05, 3.63) is 0 Å². The monoisotopic (exact) mass is 569 g/mol. The smallest absolute Gasteiger partial charge is 0.313 e. The molecule has 0 spiro atoms. The molecule has 0 aliphatic heterocycles. The van der Waals surface area contributed by atoms with Crippen molar-refractivity contribution >= 4 is 33.7 Å². The quantitative estimate of drug-likeness (QED) is 0.176. The van der Waals surface area contributed by atoms with E-state index in [1.165, 1.54) is 6.92 Å². The third kappa shape index (κ3) is 17.5. The Balaban J connectivity index is -0.000000173. The fraction of sp³-hybridized carbons (Fsp3) is 0.857. The Morgan fingerprint density at radius 1 is 0.789 bits per heavy atom. The summed E-state index contributed by atoms with van der Waals surface area (Å²) in [6.45, 7) is 12.2. The van der Waals surface area contributed by atoms with Crippen molar-refractivity contribution in [3.8, 4) is 0 Å². The fourth-order valence-corrected chi connectivity index (χ4v) is 4.43. The van der Waals surface area contributed by atoms with E-state index >= 15 is 0 Å². The lowest BCUT2D eigenvalue weighted by atomic mass is 9.90. The van der Waals surface area contributed by atoms with E-state index in [1.54, 1.807) is 27.7 Å². The lowest BCUT2D eigenvalue weighted by molar-refractivity contribution is -0.159. The Morgan fingerprint density at radius 3 is 1.66 bits per heavy atom. The number of Topliss-reactive ketones (excluding diaryl/α,β-unsaturated/α-hetero) is 1. The van der Waals surface area contributed by atoms with Crippen LogP contribution >= 0.6 is 0 Å². The minimum atomic E-state index is -3.48. The minimum absolute atomic E-state index is 0. The summed E-state index contributed by atoms with van der Waals surface area (Å²) in [6, 6.07) is 0. The van der Waals surface area contributed by atoms with Crippen LogP contribution in [-0.4, -0.2) is 50.5 Å². The molecule has 1 aliphatic carbocycles. The molecule has 1 rings (SSSR count). The van der Waals surface area contributed by atoms with Gasteiger partial charge in [-0.2, -0.15) is 0 Å². The summed E-state index contributed by atoms with van der Waals surface area (Å²) in [5.74, 6) is -1.55. The maximum absolute atomic E-state index is 12.0. The minimum Gasteiger partial charge on any atom is -0.462 e. The van der Waals surface area contributed by atoms with Gasteiger partial charge in [-0.25, -0.2) is 8.42 Å². The molecule has 1 fully saturated rings. The molecule has 0 heterocycles. The molecular weight excluding hydrogens is 510 g/mol. The lowest BCUT2D eigenvalue weighted by Crippen LogP contribution is -2.44. The summed E-state index contributed by atoms with van der Waals surface area (Å²) in [5.41, 5.74) is -1.15. The molecule has 0 atom stereocenters. The highest BCUT2D eigenvalue weighted by Crippen LogP contribution is 2.25. The zero-order valence-corrected chi connectivity index (χ0v) is 22.6. The van der Waals surface area contributed by atoms with Gasteiger partial charge in [-0.3, -0.25) is 23.9 Å². The lowest BCUT2D eigenvalue weighted by Gasteiger charge is -2.26. The zero-order chi connectivity index (χ0) is 26.6. The van der Waals surface area contributed by atoms with Gasteiger partial charge in [-0.15, -0.1) is 0 Å². The fourth-order valence-electron chi connectivity index (χ4n) is 2.77. The molecule has 0 aromatic rings. The first-order valence-corrected chi connectivity index (χ1v) is 13.5. The topological polar surface area (TPSA) is 133 Å². The average molecular weight is 570 g/mol. The number of hydrogen-bond acceptors (Lipinski definition) is 8. The van der Waals surface area contributed by atoms with E-state index in [9.17, 15) is 27.6 Å². The van der Waals surface area contributed by atoms with Crippen LogP contribution in [0.2, 0.25) is 0 Å². The van der Waals surface area contributed by atoms with Crippen molar-refractivity contribution in [2.75, 3.05) is 13.2 Å². The first kappa shape index (κ1) is 45.9. The van der Waals surface area contributed by atoms with Gasteiger partial charge in [-0.1, -0.05) is 76.7 Å². The molecular formula is C28H59NO8S. The largest absolute Gasteiger partial charge is 0.462 e.